The van der Waals surface area contributed by atoms with Crippen molar-refractivity contribution in [3.8, 4) is 11.8 Å². The molecule has 1 heterocycles. The summed E-state index contributed by atoms with van der Waals surface area (Å²) in [7, 11) is 0. The van der Waals surface area contributed by atoms with Crippen molar-refractivity contribution in [3.63, 3.8) is 0 Å². The van der Waals surface area contributed by atoms with E-state index in [9.17, 15) is 4.39 Å². The largest absolute Gasteiger partial charge is 0.490 e. The lowest BCUT2D eigenvalue weighted by atomic mass is 10.1. The molecule has 4 nitrogen and oxygen atoms in total. The number of alkyl halides is 1. The fraction of sp³-hybridized carbons (Fsp3) is 0.200. The molecule has 124 valence electrons. The molecule has 1 aliphatic rings. The summed E-state index contributed by atoms with van der Waals surface area (Å²) in [6, 6.07) is 16.8. The van der Waals surface area contributed by atoms with Gasteiger partial charge in [-0.1, -0.05) is 0 Å². The number of nitriles is 1. The maximum Gasteiger partial charge on any atom is 0.145 e. The van der Waals surface area contributed by atoms with Gasteiger partial charge >= 0.3 is 0 Å². The van der Waals surface area contributed by atoms with E-state index in [1.54, 1.807) is 18.3 Å². The second-order valence-electron chi connectivity index (χ2n) is 6.30. The van der Waals surface area contributed by atoms with Gasteiger partial charge in [-0.05, 0) is 66.8 Å². The Kier molecular flexibility index (Phi) is 3.73. The van der Waals surface area contributed by atoms with E-state index in [4.69, 9.17) is 10.00 Å². The number of nitrogens with one attached hydrogen (secondary N) is 1. The Morgan fingerprint density at radius 3 is 2.68 bits per heavy atom. The van der Waals surface area contributed by atoms with Crippen LogP contribution in [-0.2, 0) is 0 Å². The number of fused-ring (bicyclic) bond motifs is 1. The SMILES string of the molecule is N#Cc1ccc(Nc2nccc3cc(OCC4(F)CC4)ccc23)cc1. The first-order chi connectivity index (χ1) is 12.1. The molecular formula is C20H16FN3O. The molecule has 4 rings (SSSR count). The van der Waals surface area contributed by atoms with Gasteiger partial charge in [0.05, 0.1) is 11.6 Å². The van der Waals surface area contributed by atoms with Crippen LogP contribution < -0.4 is 10.1 Å². The van der Waals surface area contributed by atoms with Gasteiger partial charge in [-0.25, -0.2) is 9.37 Å². The molecule has 0 spiro atoms. The molecule has 0 saturated heterocycles. The summed E-state index contributed by atoms with van der Waals surface area (Å²) < 4.78 is 19.3. The standard InChI is InChI=1S/C20H16FN3O/c21-20(8-9-20)13-25-17-5-6-18-15(11-17)7-10-23-19(18)24-16-3-1-14(12-22)2-4-16/h1-7,10-11H,8-9,13H2,(H,23,24). The van der Waals surface area contributed by atoms with E-state index >= 15 is 0 Å². The number of pyridine rings is 1. The number of nitrogens with zero attached hydrogens (tertiary/aromatic N) is 2. The van der Waals surface area contributed by atoms with E-state index in [1.165, 1.54) is 0 Å². The van der Waals surface area contributed by atoms with Crippen LogP contribution in [0.25, 0.3) is 10.8 Å². The van der Waals surface area contributed by atoms with E-state index in [2.05, 4.69) is 16.4 Å². The minimum atomic E-state index is -1.13. The van der Waals surface area contributed by atoms with Crippen molar-refractivity contribution in [1.82, 2.24) is 4.98 Å². The number of hydrogen-bond acceptors (Lipinski definition) is 4. The minimum Gasteiger partial charge on any atom is -0.490 e. The summed E-state index contributed by atoms with van der Waals surface area (Å²) in [5.41, 5.74) is 0.335. The third kappa shape index (κ3) is 3.38. The quantitative estimate of drug-likeness (QED) is 0.733. The van der Waals surface area contributed by atoms with Crippen LogP contribution in [0.3, 0.4) is 0 Å². The first-order valence-electron chi connectivity index (χ1n) is 8.13. The third-order valence-electron chi connectivity index (χ3n) is 4.30. The second kappa shape index (κ2) is 6.06. The Bertz CT molecular complexity index is 959. The average molecular weight is 333 g/mol. The highest BCUT2D eigenvalue weighted by Gasteiger charge is 2.44. The summed E-state index contributed by atoms with van der Waals surface area (Å²) in [5.74, 6) is 1.38. The summed E-state index contributed by atoms with van der Waals surface area (Å²) in [5, 5.41) is 14.0. The molecular weight excluding hydrogens is 317 g/mol. The number of rotatable bonds is 5. The lowest BCUT2D eigenvalue weighted by molar-refractivity contribution is 0.178. The van der Waals surface area contributed by atoms with Crippen LogP contribution in [0.15, 0.2) is 54.7 Å². The fourth-order valence-corrected chi connectivity index (χ4v) is 2.60. The van der Waals surface area contributed by atoms with Crippen molar-refractivity contribution < 1.29 is 9.13 Å². The van der Waals surface area contributed by atoms with E-state index in [0.717, 1.165) is 22.3 Å². The smallest absolute Gasteiger partial charge is 0.145 e. The molecule has 0 aliphatic heterocycles. The van der Waals surface area contributed by atoms with Crippen molar-refractivity contribution in [2.24, 2.45) is 0 Å². The van der Waals surface area contributed by atoms with Crippen molar-refractivity contribution in [3.05, 3.63) is 60.3 Å². The van der Waals surface area contributed by atoms with Crippen LogP contribution in [0, 0.1) is 11.3 Å². The molecule has 5 heteroatoms. The maximum absolute atomic E-state index is 13.7. The number of hydrogen-bond donors (Lipinski definition) is 1. The van der Waals surface area contributed by atoms with Crippen LogP contribution >= 0.6 is 0 Å². The van der Waals surface area contributed by atoms with Gasteiger partial charge in [0.2, 0.25) is 0 Å². The van der Waals surface area contributed by atoms with Crippen LogP contribution in [0.5, 0.6) is 5.75 Å². The van der Waals surface area contributed by atoms with Crippen LogP contribution in [0.1, 0.15) is 18.4 Å². The number of anilines is 2. The van der Waals surface area contributed by atoms with Gasteiger partial charge in [-0.2, -0.15) is 5.26 Å². The van der Waals surface area contributed by atoms with Crippen molar-refractivity contribution in [2.45, 2.75) is 18.5 Å². The first-order valence-corrected chi connectivity index (χ1v) is 8.13. The Labute approximate surface area is 144 Å². The lowest BCUT2D eigenvalue weighted by Crippen LogP contribution is -2.13. The molecule has 25 heavy (non-hydrogen) atoms. The van der Waals surface area contributed by atoms with E-state index < -0.39 is 5.67 Å². The molecule has 3 aromatic rings. The third-order valence-corrected chi connectivity index (χ3v) is 4.30. The Morgan fingerprint density at radius 2 is 1.96 bits per heavy atom. The lowest BCUT2D eigenvalue weighted by Gasteiger charge is -2.12. The van der Waals surface area contributed by atoms with Gasteiger partial charge in [0.25, 0.3) is 0 Å². The molecule has 0 unspecified atom stereocenters. The first kappa shape index (κ1) is 15.4. The zero-order valence-electron chi connectivity index (χ0n) is 13.5. The van der Waals surface area contributed by atoms with Gasteiger partial charge in [-0.3, -0.25) is 0 Å². The van der Waals surface area contributed by atoms with Crippen LogP contribution in [0.4, 0.5) is 15.9 Å². The van der Waals surface area contributed by atoms with Crippen LogP contribution in [0.2, 0.25) is 0 Å². The Morgan fingerprint density at radius 1 is 1.16 bits per heavy atom. The highest BCUT2D eigenvalue weighted by atomic mass is 19.1. The number of ether oxygens (including phenoxy) is 1. The number of benzene rings is 2. The molecule has 1 fully saturated rings. The van der Waals surface area contributed by atoms with E-state index in [1.807, 2.05) is 36.4 Å². The zero-order chi connectivity index (χ0) is 17.3. The summed E-state index contributed by atoms with van der Waals surface area (Å²) in [4.78, 5) is 4.39. The average Bonchev–Trinajstić information content (AvgIpc) is 3.38. The molecule has 1 saturated carbocycles. The minimum absolute atomic E-state index is 0.111. The molecule has 1 N–H and O–H groups in total. The summed E-state index contributed by atoms with van der Waals surface area (Å²) in [6.45, 7) is 0.111. The highest BCUT2D eigenvalue weighted by Crippen LogP contribution is 2.40. The molecule has 0 amide bonds. The highest BCUT2D eigenvalue weighted by molar-refractivity contribution is 5.94. The van der Waals surface area contributed by atoms with Crippen molar-refractivity contribution >= 4 is 22.3 Å². The van der Waals surface area contributed by atoms with Crippen molar-refractivity contribution in [2.75, 3.05) is 11.9 Å². The molecule has 0 radical (unpaired) electrons. The topological polar surface area (TPSA) is 57.9 Å². The second-order valence-corrected chi connectivity index (χ2v) is 6.30. The van der Waals surface area contributed by atoms with Crippen molar-refractivity contribution in [1.29, 1.82) is 5.26 Å². The Balaban J connectivity index is 1.57. The predicted molar refractivity (Wildman–Crippen MR) is 94.8 cm³/mol. The fourth-order valence-electron chi connectivity index (χ4n) is 2.60. The van der Waals surface area contributed by atoms with E-state index in [0.29, 0.717) is 24.2 Å². The maximum atomic E-state index is 13.7. The zero-order valence-corrected chi connectivity index (χ0v) is 13.5. The number of halogens is 1. The summed E-state index contributed by atoms with van der Waals surface area (Å²) >= 11 is 0. The monoisotopic (exact) mass is 333 g/mol. The molecule has 0 atom stereocenters. The van der Waals surface area contributed by atoms with Gasteiger partial charge in [0.1, 0.15) is 23.8 Å². The molecule has 1 aromatic heterocycles. The van der Waals surface area contributed by atoms with Gasteiger partial charge in [0.15, 0.2) is 0 Å². The molecule has 0 bridgehead atoms. The van der Waals surface area contributed by atoms with E-state index in [-0.39, 0.29) is 6.61 Å². The van der Waals surface area contributed by atoms with Gasteiger partial charge in [0, 0.05) is 17.3 Å². The number of aromatic nitrogens is 1. The molecule has 1 aliphatic carbocycles. The normalized spacial score (nSPS) is 14.7. The Hall–Kier alpha value is -3.13. The van der Waals surface area contributed by atoms with Gasteiger partial charge in [-0.15, -0.1) is 0 Å². The van der Waals surface area contributed by atoms with Crippen LogP contribution in [-0.4, -0.2) is 17.3 Å². The predicted octanol–water partition coefficient (Wildman–Crippen LogP) is 4.73. The summed E-state index contributed by atoms with van der Waals surface area (Å²) in [6.07, 6.45) is 2.89. The molecule has 2 aromatic carbocycles. The van der Waals surface area contributed by atoms with Gasteiger partial charge < -0.3 is 10.1 Å².